The molecule has 0 bridgehead atoms. The standard InChI is InChI=1S/C18H19NO3S/c20-17(22-19-12-6-4-10-16(19)23)18(11-5-7-13-21-18)14-15-8-2-1-3-9-15/h1-4,6,8-10,12H,5,7,11,13-14H2/t18-/m0/s1. The number of nitrogens with zero attached hydrogens (tertiary/aromatic N) is 1. The van der Waals surface area contributed by atoms with Crippen LogP contribution in [0, 0.1) is 4.64 Å². The van der Waals surface area contributed by atoms with Gasteiger partial charge in [0, 0.05) is 19.2 Å². The number of carbonyl (C=O) groups excluding carboxylic acids is 1. The zero-order valence-corrected chi connectivity index (χ0v) is 13.6. The zero-order chi connectivity index (χ0) is 16.1. The van der Waals surface area contributed by atoms with Crippen LogP contribution < -0.4 is 4.84 Å². The van der Waals surface area contributed by atoms with Crippen molar-refractivity contribution in [3.8, 4) is 0 Å². The Bertz CT molecular complexity index is 720. The van der Waals surface area contributed by atoms with Gasteiger partial charge in [0.25, 0.3) is 0 Å². The largest absolute Gasteiger partial charge is 0.364 e. The molecule has 0 saturated carbocycles. The Morgan fingerprint density at radius 2 is 1.96 bits per heavy atom. The molecular weight excluding hydrogens is 310 g/mol. The quantitative estimate of drug-likeness (QED) is 0.807. The average molecular weight is 329 g/mol. The lowest BCUT2D eigenvalue weighted by molar-refractivity contribution is -0.179. The van der Waals surface area contributed by atoms with Crippen LogP contribution in [0.4, 0.5) is 0 Å². The number of ether oxygens (including phenoxy) is 1. The molecule has 0 amide bonds. The van der Waals surface area contributed by atoms with Crippen molar-refractivity contribution in [2.45, 2.75) is 31.3 Å². The van der Waals surface area contributed by atoms with E-state index in [0.29, 0.717) is 24.1 Å². The molecule has 1 aromatic carbocycles. The fraction of sp³-hybridized carbons (Fsp3) is 0.333. The molecule has 1 aliphatic rings. The monoisotopic (exact) mass is 329 g/mol. The summed E-state index contributed by atoms with van der Waals surface area (Å²) in [4.78, 5) is 18.3. The summed E-state index contributed by atoms with van der Waals surface area (Å²) in [5.41, 5.74) is 0.118. The summed E-state index contributed by atoms with van der Waals surface area (Å²) < 4.78 is 7.69. The van der Waals surface area contributed by atoms with Crippen LogP contribution in [0.25, 0.3) is 0 Å². The van der Waals surface area contributed by atoms with E-state index in [1.165, 1.54) is 4.73 Å². The number of benzene rings is 1. The lowest BCUT2D eigenvalue weighted by Crippen LogP contribution is -2.50. The molecule has 0 unspecified atom stereocenters. The third kappa shape index (κ3) is 3.68. The highest BCUT2D eigenvalue weighted by atomic mass is 32.1. The molecule has 1 aromatic heterocycles. The van der Waals surface area contributed by atoms with Gasteiger partial charge in [0.15, 0.2) is 5.60 Å². The molecule has 3 rings (SSSR count). The molecule has 1 saturated heterocycles. The number of hydrogen-bond donors (Lipinski definition) is 0. The molecule has 120 valence electrons. The van der Waals surface area contributed by atoms with Crippen LogP contribution in [0.15, 0.2) is 54.7 Å². The minimum atomic E-state index is -0.940. The third-order valence-corrected chi connectivity index (χ3v) is 4.34. The molecule has 5 heteroatoms. The zero-order valence-electron chi connectivity index (χ0n) is 12.8. The number of pyridine rings is 1. The second kappa shape index (κ2) is 7.06. The Balaban J connectivity index is 1.85. The number of hydrogen-bond acceptors (Lipinski definition) is 4. The first-order chi connectivity index (χ1) is 11.2. The van der Waals surface area contributed by atoms with Crippen molar-refractivity contribution in [1.29, 1.82) is 0 Å². The van der Waals surface area contributed by atoms with E-state index in [-0.39, 0.29) is 5.97 Å². The minimum Gasteiger partial charge on any atom is -0.363 e. The molecule has 1 aliphatic heterocycles. The summed E-state index contributed by atoms with van der Waals surface area (Å²) in [6.07, 6.45) is 4.71. The van der Waals surface area contributed by atoms with Crippen molar-refractivity contribution in [3.63, 3.8) is 0 Å². The van der Waals surface area contributed by atoms with Gasteiger partial charge in [-0.15, -0.1) is 0 Å². The third-order valence-electron chi connectivity index (χ3n) is 4.03. The van der Waals surface area contributed by atoms with E-state index in [2.05, 4.69) is 0 Å². The summed E-state index contributed by atoms with van der Waals surface area (Å²) in [7, 11) is 0. The van der Waals surface area contributed by atoms with Crippen LogP contribution in [0.2, 0.25) is 0 Å². The summed E-state index contributed by atoms with van der Waals surface area (Å²) in [5, 5.41) is 0. The fourth-order valence-electron chi connectivity index (χ4n) is 2.81. The van der Waals surface area contributed by atoms with Crippen LogP contribution in [0.3, 0.4) is 0 Å². The smallest absolute Gasteiger partial charge is 0.363 e. The van der Waals surface area contributed by atoms with Gasteiger partial charge in [0.2, 0.25) is 0 Å². The van der Waals surface area contributed by atoms with Crippen LogP contribution >= 0.6 is 12.2 Å². The Morgan fingerprint density at radius 1 is 1.17 bits per heavy atom. The Labute approximate surface area is 140 Å². The van der Waals surface area contributed by atoms with Crippen molar-refractivity contribution < 1.29 is 14.4 Å². The molecule has 1 fully saturated rings. The van der Waals surface area contributed by atoms with Crippen molar-refractivity contribution in [1.82, 2.24) is 4.73 Å². The van der Waals surface area contributed by atoms with Crippen LogP contribution in [-0.4, -0.2) is 22.9 Å². The Morgan fingerprint density at radius 3 is 2.65 bits per heavy atom. The molecule has 0 N–H and O–H groups in total. The number of aromatic nitrogens is 1. The van der Waals surface area contributed by atoms with E-state index in [4.69, 9.17) is 21.8 Å². The van der Waals surface area contributed by atoms with E-state index < -0.39 is 5.60 Å². The second-order valence-electron chi connectivity index (χ2n) is 5.71. The molecule has 4 nitrogen and oxygen atoms in total. The van der Waals surface area contributed by atoms with Crippen LogP contribution in [0.1, 0.15) is 24.8 Å². The molecule has 0 radical (unpaired) electrons. The predicted octanol–water partition coefficient (Wildman–Crippen LogP) is 3.35. The van der Waals surface area contributed by atoms with Crippen molar-refractivity contribution in [3.05, 3.63) is 64.9 Å². The van der Waals surface area contributed by atoms with Crippen molar-refractivity contribution in [2.24, 2.45) is 0 Å². The van der Waals surface area contributed by atoms with Gasteiger partial charge >= 0.3 is 5.97 Å². The van der Waals surface area contributed by atoms with Gasteiger partial charge in [-0.3, -0.25) is 0 Å². The van der Waals surface area contributed by atoms with Gasteiger partial charge in [-0.2, -0.15) is 4.73 Å². The molecule has 2 aromatic rings. The van der Waals surface area contributed by atoms with E-state index >= 15 is 0 Å². The highest BCUT2D eigenvalue weighted by Gasteiger charge is 2.43. The SMILES string of the molecule is O=C(On1ccccc1=S)[C@@]1(Cc2ccccc2)CCCCO1. The van der Waals surface area contributed by atoms with Crippen LogP contribution in [0.5, 0.6) is 0 Å². The summed E-state index contributed by atoms with van der Waals surface area (Å²) in [6, 6.07) is 15.2. The fourth-order valence-corrected chi connectivity index (χ4v) is 2.99. The highest BCUT2D eigenvalue weighted by Crippen LogP contribution is 2.29. The molecule has 0 aliphatic carbocycles. The van der Waals surface area contributed by atoms with Gasteiger partial charge in [0.1, 0.15) is 4.64 Å². The maximum Gasteiger partial charge on any atom is 0.364 e. The second-order valence-corrected chi connectivity index (χ2v) is 6.12. The summed E-state index contributed by atoms with van der Waals surface area (Å²) in [6.45, 7) is 0.572. The molecular formula is C18H19NO3S. The summed E-state index contributed by atoms with van der Waals surface area (Å²) in [5.74, 6) is -0.386. The summed E-state index contributed by atoms with van der Waals surface area (Å²) >= 11 is 5.18. The maximum atomic E-state index is 12.8. The lowest BCUT2D eigenvalue weighted by Gasteiger charge is -2.34. The van der Waals surface area contributed by atoms with Gasteiger partial charge < -0.3 is 9.57 Å². The first kappa shape index (κ1) is 15.9. The van der Waals surface area contributed by atoms with Crippen molar-refractivity contribution in [2.75, 3.05) is 6.61 Å². The van der Waals surface area contributed by atoms with Crippen molar-refractivity contribution >= 4 is 18.2 Å². The normalized spacial score (nSPS) is 20.9. The van der Waals surface area contributed by atoms with E-state index in [1.807, 2.05) is 36.4 Å². The van der Waals surface area contributed by atoms with E-state index in [9.17, 15) is 4.79 Å². The highest BCUT2D eigenvalue weighted by molar-refractivity contribution is 7.71. The number of rotatable bonds is 4. The Hall–Kier alpha value is -1.98. The first-order valence-electron chi connectivity index (χ1n) is 7.78. The molecule has 2 heterocycles. The molecule has 0 spiro atoms. The van der Waals surface area contributed by atoms with Crippen LogP contribution in [-0.2, 0) is 16.0 Å². The van der Waals surface area contributed by atoms with Gasteiger partial charge in [-0.05, 0) is 37.0 Å². The molecule has 1 atom stereocenters. The van der Waals surface area contributed by atoms with Gasteiger partial charge in [0.05, 0.1) is 0 Å². The minimum absolute atomic E-state index is 0.386. The van der Waals surface area contributed by atoms with Gasteiger partial charge in [-0.25, -0.2) is 4.79 Å². The first-order valence-corrected chi connectivity index (χ1v) is 8.19. The average Bonchev–Trinajstić information content (AvgIpc) is 2.58. The molecule has 23 heavy (non-hydrogen) atoms. The van der Waals surface area contributed by atoms with E-state index in [1.54, 1.807) is 18.3 Å². The predicted molar refractivity (Wildman–Crippen MR) is 89.5 cm³/mol. The van der Waals surface area contributed by atoms with E-state index in [0.717, 1.165) is 18.4 Å². The maximum absolute atomic E-state index is 12.8. The lowest BCUT2D eigenvalue weighted by atomic mass is 9.87. The van der Waals surface area contributed by atoms with Gasteiger partial charge in [-0.1, -0.05) is 48.6 Å². The number of carbonyl (C=O) groups is 1. The Kier molecular flexibility index (Phi) is 4.88. The topological polar surface area (TPSA) is 40.5 Å².